The molecule has 5 rings (SSSR count). The van der Waals surface area contributed by atoms with E-state index in [1.165, 1.54) is 4.90 Å². The highest BCUT2D eigenvalue weighted by Crippen LogP contribution is 2.38. The molecule has 4 heterocycles. The first kappa shape index (κ1) is 21.8. The van der Waals surface area contributed by atoms with E-state index in [0.717, 1.165) is 34.6 Å². The number of fused-ring (bicyclic) bond motifs is 1. The Morgan fingerprint density at radius 3 is 2.82 bits per heavy atom. The van der Waals surface area contributed by atoms with Gasteiger partial charge >= 0.3 is 0 Å². The molecule has 1 unspecified atom stereocenters. The topological polar surface area (TPSA) is 138 Å². The van der Waals surface area contributed by atoms with Crippen LogP contribution in [0.4, 0.5) is 11.6 Å². The number of aromatic nitrogens is 6. The molecule has 2 aliphatic rings. The van der Waals surface area contributed by atoms with Gasteiger partial charge in [0.1, 0.15) is 12.1 Å². The number of rotatable bonds is 6. The second-order valence-electron chi connectivity index (χ2n) is 8.90. The molecule has 0 saturated carbocycles. The maximum Gasteiger partial charge on any atom is 0.248 e. The molecular weight excluding hydrogens is 434 g/mol. The maximum absolute atomic E-state index is 11.9. The van der Waals surface area contributed by atoms with E-state index in [1.54, 1.807) is 21.8 Å². The van der Waals surface area contributed by atoms with Crippen LogP contribution < -0.4 is 5.32 Å². The first-order valence-corrected chi connectivity index (χ1v) is 11.1. The van der Waals surface area contributed by atoms with Crippen LogP contribution in [0.2, 0.25) is 0 Å². The molecule has 1 fully saturated rings. The lowest BCUT2D eigenvalue weighted by molar-refractivity contribution is -0.145. The highest BCUT2D eigenvalue weighted by atomic mass is 16.3. The molecule has 11 heteroatoms. The van der Waals surface area contributed by atoms with Gasteiger partial charge in [0.15, 0.2) is 0 Å². The van der Waals surface area contributed by atoms with Crippen molar-refractivity contribution in [2.45, 2.75) is 31.2 Å². The van der Waals surface area contributed by atoms with Crippen LogP contribution in [0.15, 0.2) is 30.9 Å². The predicted molar refractivity (Wildman–Crippen MR) is 124 cm³/mol. The lowest BCUT2D eigenvalue weighted by Gasteiger charge is -2.48. The van der Waals surface area contributed by atoms with Gasteiger partial charge in [-0.2, -0.15) is 15.5 Å². The Hall–Kier alpha value is -4.04. The van der Waals surface area contributed by atoms with Gasteiger partial charge in [-0.05, 0) is 18.4 Å². The number of carbonyl (C=O) groups excluding carboxylic acids is 1. The average Bonchev–Trinajstić information content (AvgIpc) is 3.44. The highest BCUT2D eigenvalue weighted by Gasteiger charge is 2.47. The molecule has 0 aromatic carbocycles. The Morgan fingerprint density at radius 2 is 2.12 bits per heavy atom. The Morgan fingerprint density at radius 1 is 1.29 bits per heavy atom. The summed E-state index contributed by atoms with van der Waals surface area (Å²) in [5.74, 6) is 0.348. The molecule has 2 N–H and O–H groups in total. The molecule has 1 atom stereocenters. The van der Waals surface area contributed by atoms with Gasteiger partial charge in [0.05, 0.1) is 42.0 Å². The van der Waals surface area contributed by atoms with E-state index in [2.05, 4.69) is 34.6 Å². The van der Waals surface area contributed by atoms with E-state index < -0.39 is 12.1 Å². The third-order valence-electron chi connectivity index (χ3n) is 6.40. The van der Waals surface area contributed by atoms with E-state index >= 15 is 0 Å². The van der Waals surface area contributed by atoms with E-state index in [9.17, 15) is 10.1 Å². The minimum Gasteiger partial charge on any atom is -0.387 e. The lowest BCUT2D eigenvalue weighted by Crippen LogP contribution is -2.64. The predicted octanol–water partition coefficient (Wildman–Crippen LogP) is 1.78. The van der Waals surface area contributed by atoms with Crippen molar-refractivity contribution >= 4 is 23.6 Å². The van der Waals surface area contributed by atoms with Crippen molar-refractivity contribution in [1.29, 1.82) is 5.26 Å². The minimum absolute atomic E-state index is 0.207. The fraction of sp³-hybridized carbons (Fsp3) is 0.391. The number of likely N-dealkylation sites (tertiary alicyclic amines) is 1. The van der Waals surface area contributed by atoms with Crippen LogP contribution in [0.5, 0.6) is 0 Å². The zero-order valence-corrected chi connectivity index (χ0v) is 19.0. The Kier molecular flexibility index (Phi) is 5.37. The average molecular weight is 460 g/mol. The Labute approximate surface area is 196 Å². The van der Waals surface area contributed by atoms with E-state index in [-0.39, 0.29) is 18.2 Å². The van der Waals surface area contributed by atoms with Gasteiger partial charge in [-0.15, -0.1) is 0 Å². The number of aliphatic hydroxyl groups is 1. The summed E-state index contributed by atoms with van der Waals surface area (Å²) in [6, 6.07) is 2.22. The van der Waals surface area contributed by atoms with Gasteiger partial charge in [0.2, 0.25) is 11.9 Å². The molecule has 1 saturated heterocycles. The fourth-order valence-electron chi connectivity index (χ4n) is 4.62. The van der Waals surface area contributed by atoms with Crippen LogP contribution in [0, 0.1) is 11.3 Å². The van der Waals surface area contributed by atoms with Gasteiger partial charge < -0.3 is 15.3 Å². The molecule has 1 aliphatic carbocycles. The van der Waals surface area contributed by atoms with Crippen LogP contribution in [0.25, 0.3) is 17.3 Å². The number of nitrogens with zero attached hydrogens (tertiary/aromatic N) is 8. The lowest BCUT2D eigenvalue weighted by atomic mass is 9.86. The Bertz CT molecular complexity index is 1310. The number of carbonyl (C=O) groups is 1. The maximum atomic E-state index is 11.9. The fourth-order valence-corrected chi connectivity index (χ4v) is 4.62. The second-order valence-corrected chi connectivity index (χ2v) is 8.90. The molecule has 0 bridgehead atoms. The van der Waals surface area contributed by atoms with Gasteiger partial charge in [-0.25, -0.2) is 9.97 Å². The van der Waals surface area contributed by atoms with Gasteiger partial charge in [0.25, 0.3) is 0 Å². The summed E-state index contributed by atoms with van der Waals surface area (Å²) >= 11 is 0. The number of anilines is 2. The van der Waals surface area contributed by atoms with Crippen molar-refractivity contribution in [3.8, 4) is 17.3 Å². The van der Waals surface area contributed by atoms with Crippen molar-refractivity contribution in [2.75, 3.05) is 25.0 Å². The van der Waals surface area contributed by atoms with Crippen molar-refractivity contribution in [2.24, 2.45) is 7.05 Å². The molecule has 11 nitrogen and oxygen atoms in total. The number of allylic oxidation sites excluding steroid dienone is 1. The van der Waals surface area contributed by atoms with Gasteiger partial charge in [0, 0.05) is 43.7 Å². The SMILES string of the molecule is CC1CC=Cc2nc(Nc3cnn(C)c3)nc(-c3cnn(C4(CC#N)CN(C(=O)CO)C4)c3)c21. The van der Waals surface area contributed by atoms with Crippen molar-refractivity contribution in [3.05, 3.63) is 42.1 Å². The van der Waals surface area contributed by atoms with Crippen LogP contribution in [0.1, 0.15) is 36.9 Å². The molecule has 174 valence electrons. The van der Waals surface area contributed by atoms with E-state index in [1.807, 2.05) is 25.5 Å². The minimum atomic E-state index is -0.618. The molecule has 1 aliphatic heterocycles. The number of hydrogen-bond donors (Lipinski definition) is 2. The number of hydrogen-bond acceptors (Lipinski definition) is 8. The summed E-state index contributed by atoms with van der Waals surface area (Å²) in [6.45, 7) is 2.26. The van der Waals surface area contributed by atoms with Gasteiger partial charge in [-0.3, -0.25) is 14.2 Å². The smallest absolute Gasteiger partial charge is 0.248 e. The largest absolute Gasteiger partial charge is 0.387 e. The van der Waals surface area contributed by atoms with Crippen molar-refractivity contribution in [3.63, 3.8) is 0 Å². The molecule has 0 radical (unpaired) electrons. The third kappa shape index (κ3) is 3.72. The summed E-state index contributed by atoms with van der Waals surface area (Å²) in [6.07, 6.45) is 12.4. The zero-order chi connectivity index (χ0) is 23.9. The van der Waals surface area contributed by atoms with Gasteiger partial charge in [-0.1, -0.05) is 13.0 Å². The summed E-state index contributed by atoms with van der Waals surface area (Å²) in [4.78, 5) is 23.0. The van der Waals surface area contributed by atoms with E-state index in [0.29, 0.717) is 19.0 Å². The second kappa shape index (κ2) is 8.39. The van der Waals surface area contributed by atoms with Crippen LogP contribution in [-0.4, -0.2) is 65.1 Å². The number of nitrogens with one attached hydrogen (secondary N) is 1. The molecule has 3 aromatic heterocycles. The van der Waals surface area contributed by atoms with Crippen molar-refractivity contribution < 1.29 is 9.90 Å². The van der Waals surface area contributed by atoms with Crippen LogP contribution in [-0.2, 0) is 17.4 Å². The monoisotopic (exact) mass is 459 g/mol. The quantitative estimate of drug-likeness (QED) is 0.569. The number of aliphatic hydroxyl groups excluding tert-OH is 1. The first-order chi connectivity index (χ1) is 16.4. The molecule has 1 amide bonds. The normalized spacial score (nSPS) is 18.2. The summed E-state index contributed by atoms with van der Waals surface area (Å²) < 4.78 is 3.46. The standard InChI is InChI=1S/C23H25N9O2/c1-15-4-3-5-18-20(15)21(29-22(28-18)27-17-9-25-30(2)11-17)16-8-26-32(10-16)23(6-7-24)13-31(14-23)19(34)12-33/h3,5,8-11,15,33H,4,6,12-14H2,1-2H3,(H,27,28,29). The van der Waals surface area contributed by atoms with Crippen molar-refractivity contribution in [1.82, 2.24) is 34.4 Å². The molecule has 3 aromatic rings. The van der Waals surface area contributed by atoms with Crippen LogP contribution >= 0.6 is 0 Å². The zero-order valence-electron chi connectivity index (χ0n) is 19.0. The number of nitriles is 1. The third-order valence-corrected chi connectivity index (χ3v) is 6.40. The molecular formula is C23H25N9O2. The summed E-state index contributed by atoms with van der Waals surface area (Å²) in [5.41, 5.74) is 3.69. The number of amides is 1. The highest BCUT2D eigenvalue weighted by molar-refractivity contribution is 5.78. The summed E-state index contributed by atoms with van der Waals surface area (Å²) in [7, 11) is 1.84. The van der Waals surface area contributed by atoms with Crippen LogP contribution in [0.3, 0.4) is 0 Å². The molecule has 34 heavy (non-hydrogen) atoms. The number of aryl methyl sites for hydroxylation is 1. The van der Waals surface area contributed by atoms with E-state index in [4.69, 9.17) is 15.1 Å². The summed E-state index contributed by atoms with van der Waals surface area (Å²) in [5, 5.41) is 30.6. The Balaban J connectivity index is 1.52. The first-order valence-electron chi connectivity index (χ1n) is 11.1. The molecule has 0 spiro atoms.